The van der Waals surface area contributed by atoms with Crippen LogP contribution >= 0.6 is 11.6 Å². The second kappa shape index (κ2) is 38.3. The van der Waals surface area contributed by atoms with Crippen molar-refractivity contribution in [2.75, 3.05) is 19.0 Å². The lowest BCUT2D eigenvalue weighted by Gasteiger charge is -2.09. The van der Waals surface area contributed by atoms with Gasteiger partial charge >= 0.3 is 0 Å². The van der Waals surface area contributed by atoms with Crippen LogP contribution < -0.4 is 10.6 Å². The van der Waals surface area contributed by atoms with E-state index in [9.17, 15) is 9.59 Å². The molecule has 2 amide bonds. The normalized spacial score (nSPS) is 11.7. The number of amides is 2. The van der Waals surface area contributed by atoms with E-state index in [-0.39, 0.29) is 23.5 Å². The summed E-state index contributed by atoms with van der Waals surface area (Å²) in [4.78, 5) is 28.9. The fourth-order valence-corrected chi connectivity index (χ4v) is 6.21. The Morgan fingerprint density at radius 2 is 0.761 bits per heavy atom. The van der Waals surface area contributed by atoms with Crippen LogP contribution in [0.4, 0.5) is 0 Å². The van der Waals surface area contributed by atoms with E-state index in [0.29, 0.717) is 13.1 Å². The number of aliphatic imine (C=N–C) groups is 1. The van der Waals surface area contributed by atoms with Crippen LogP contribution in [0.3, 0.4) is 0 Å². The van der Waals surface area contributed by atoms with E-state index in [4.69, 9.17) is 11.6 Å². The van der Waals surface area contributed by atoms with Crippen LogP contribution in [0.5, 0.6) is 0 Å². The molecule has 0 radical (unpaired) electrons. The summed E-state index contributed by atoms with van der Waals surface area (Å²) in [5.74, 6) is -0.742. The number of amidine groups is 1. The first-order valence-electron chi connectivity index (χ1n) is 20.3. The minimum absolute atomic E-state index is 0.114. The molecule has 0 aromatic rings. The summed E-state index contributed by atoms with van der Waals surface area (Å²) in [6.07, 6.45) is 42.5. The van der Waals surface area contributed by atoms with Gasteiger partial charge in [0.05, 0.1) is 0 Å². The van der Waals surface area contributed by atoms with Crippen LogP contribution in [0.2, 0.25) is 0 Å². The zero-order valence-corrected chi connectivity index (χ0v) is 31.6. The van der Waals surface area contributed by atoms with Gasteiger partial charge in [-0.05, 0) is 12.8 Å². The second-order valence-electron chi connectivity index (χ2n) is 13.8. The van der Waals surface area contributed by atoms with E-state index < -0.39 is 0 Å². The fraction of sp³-hybridized carbons (Fsp3) is 0.925. The zero-order valence-electron chi connectivity index (χ0n) is 30.9. The Hall–Kier alpha value is -1.10. The van der Waals surface area contributed by atoms with Crippen molar-refractivity contribution < 1.29 is 9.59 Å². The summed E-state index contributed by atoms with van der Waals surface area (Å²) in [6, 6.07) is 0. The van der Waals surface area contributed by atoms with Gasteiger partial charge in [-0.3, -0.25) is 14.6 Å². The number of hydrogen-bond donors (Lipinski definition) is 2. The predicted octanol–water partition coefficient (Wildman–Crippen LogP) is 12.4. The number of carbonyl (C=O) groups excluding carboxylic acids is 2. The zero-order chi connectivity index (χ0) is 33.6. The van der Waals surface area contributed by atoms with Gasteiger partial charge in [-0.25, -0.2) is 0 Å². The molecule has 0 heterocycles. The molecule has 2 N–H and O–H groups in total. The van der Waals surface area contributed by atoms with E-state index in [0.717, 1.165) is 25.7 Å². The summed E-state index contributed by atoms with van der Waals surface area (Å²) in [7, 11) is 0. The summed E-state index contributed by atoms with van der Waals surface area (Å²) in [5.41, 5.74) is 0. The Balaban J connectivity index is 3.75. The van der Waals surface area contributed by atoms with Gasteiger partial charge in [0.1, 0.15) is 5.88 Å². The van der Waals surface area contributed by atoms with E-state index in [1.54, 1.807) is 0 Å². The smallest absolute Gasteiger partial charge is 0.286 e. The predicted molar refractivity (Wildman–Crippen MR) is 203 cm³/mol. The summed E-state index contributed by atoms with van der Waals surface area (Å²) in [6.45, 7) is 5.74. The molecule has 0 atom stereocenters. The van der Waals surface area contributed by atoms with Crippen molar-refractivity contribution in [2.24, 2.45) is 4.99 Å². The molecule has 0 spiro atoms. The van der Waals surface area contributed by atoms with Crippen LogP contribution in [0.1, 0.15) is 219 Å². The molecule has 0 aliphatic heterocycles. The van der Waals surface area contributed by atoms with Crippen molar-refractivity contribution in [2.45, 2.75) is 219 Å². The second-order valence-corrected chi connectivity index (χ2v) is 14.0. The fourth-order valence-electron chi connectivity index (χ4n) is 6.14. The molecule has 0 unspecified atom stereocenters. The van der Waals surface area contributed by atoms with Gasteiger partial charge in [-0.2, -0.15) is 0 Å². The molecule has 272 valence electrons. The van der Waals surface area contributed by atoms with Crippen molar-refractivity contribution >= 4 is 29.3 Å². The molecule has 46 heavy (non-hydrogen) atoms. The highest BCUT2D eigenvalue weighted by Gasteiger charge is 2.13. The Morgan fingerprint density at radius 3 is 1.09 bits per heavy atom. The van der Waals surface area contributed by atoms with Crippen molar-refractivity contribution in [3.8, 4) is 0 Å². The Morgan fingerprint density at radius 1 is 0.457 bits per heavy atom. The molecule has 0 saturated heterocycles. The lowest BCUT2D eigenvalue weighted by atomic mass is 10.0. The first-order valence-corrected chi connectivity index (χ1v) is 20.9. The highest BCUT2D eigenvalue weighted by Crippen LogP contribution is 2.15. The maximum atomic E-state index is 12.7. The molecule has 0 fully saturated rings. The summed E-state index contributed by atoms with van der Waals surface area (Å²) in [5, 5.41) is 5.54. The van der Waals surface area contributed by atoms with Crippen LogP contribution in [-0.4, -0.2) is 36.6 Å². The SMILES string of the molecule is CCCCCCCCCCCCCCCCCCN=C(NC(=O)CCl)C(=O)NCCCCCCCCCCCCCCCCCC. The lowest BCUT2D eigenvalue weighted by molar-refractivity contribution is -0.119. The highest BCUT2D eigenvalue weighted by molar-refractivity contribution is 6.42. The molecule has 0 aliphatic carbocycles. The number of nitrogens with zero attached hydrogens (tertiary/aromatic N) is 1. The average Bonchev–Trinajstić information content (AvgIpc) is 3.06. The summed E-state index contributed by atoms with van der Waals surface area (Å²) < 4.78 is 0. The molecule has 0 bridgehead atoms. The standard InChI is InChI=1S/C40H78ClN3O2/c1-3-5-7-9-11-13-15-17-19-21-23-25-27-29-31-33-35-42-39(44-38(45)37-41)40(46)43-36-34-32-30-28-26-24-22-20-18-16-14-12-10-8-6-4-2/h3-37H2,1-2H3,(H,43,46)(H,42,44,45). The molecule has 6 heteroatoms. The monoisotopic (exact) mass is 668 g/mol. The topological polar surface area (TPSA) is 70.6 Å². The van der Waals surface area contributed by atoms with Gasteiger partial charge < -0.3 is 10.6 Å². The van der Waals surface area contributed by atoms with Crippen molar-refractivity contribution in [3.05, 3.63) is 0 Å². The summed E-state index contributed by atoms with van der Waals surface area (Å²) >= 11 is 5.66. The van der Waals surface area contributed by atoms with Crippen molar-refractivity contribution in [1.29, 1.82) is 0 Å². The first-order chi connectivity index (χ1) is 22.7. The maximum absolute atomic E-state index is 12.7. The molecule has 0 aliphatic rings. The highest BCUT2D eigenvalue weighted by atomic mass is 35.5. The number of rotatable bonds is 35. The van der Waals surface area contributed by atoms with Gasteiger partial charge in [0, 0.05) is 13.1 Å². The molecule has 0 aromatic carbocycles. The number of unbranched alkanes of at least 4 members (excludes halogenated alkanes) is 30. The number of nitrogens with one attached hydrogen (secondary N) is 2. The minimum Gasteiger partial charge on any atom is -0.349 e. The first kappa shape index (κ1) is 44.9. The Kier molecular flexibility index (Phi) is 37.4. The minimum atomic E-state index is -0.384. The molecular formula is C40H78ClN3O2. The third-order valence-electron chi connectivity index (χ3n) is 9.19. The van der Waals surface area contributed by atoms with E-state index in [1.807, 2.05) is 0 Å². The molecule has 0 rings (SSSR count). The van der Waals surface area contributed by atoms with Gasteiger partial charge in [0.2, 0.25) is 5.91 Å². The molecule has 0 saturated carbocycles. The quantitative estimate of drug-likeness (QED) is 0.0305. The number of halogens is 1. The number of hydrogen-bond acceptors (Lipinski definition) is 3. The van der Waals surface area contributed by atoms with Crippen LogP contribution in [-0.2, 0) is 9.59 Å². The third-order valence-corrected chi connectivity index (χ3v) is 9.43. The van der Waals surface area contributed by atoms with Gasteiger partial charge in [0.25, 0.3) is 5.91 Å². The van der Waals surface area contributed by atoms with Gasteiger partial charge in [0.15, 0.2) is 5.84 Å². The van der Waals surface area contributed by atoms with E-state index in [1.165, 1.54) is 180 Å². The molecule has 5 nitrogen and oxygen atoms in total. The van der Waals surface area contributed by atoms with Crippen molar-refractivity contribution in [3.63, 3.8) is 0 Å². The molecular weight excluding hydrogens is 590 g/mol. The van der Waals surface area contributed by atoms with Gasteiger partial charge in [-0.1, -0.05) is 206 Å². The van der Waals surface area contributed by atoms with E-state index in [2.05, 4.69) is 29.5 Å². The largest absolute Gasteiger partial charge is 0.349 e. The van der Waals surface area contributed by atoms with Gasteiger partial charge in [-0.15, -0.1) is 11.6 Å². The lowest BCUT2D eigenvalue weighted by Crippen LogP contribution is -2.43. The Labute approximate surface area is 292 Å². The number of carbonyl (C=O) groups is 2. The average molecular weight is 669 g/mol. The van der Waals surface area contributed by atoms with E-state index >= 15 is 0 Å². The van der Waals surface area contributed by atoms with Crippen LogP contribution in [0, 0.1) is 0 Å². The maximum Gasteiger partial charge on any atom is 0.286 e. The molecule has 0 aromatic heterocycles. The third kappa shape index (κ3) is 34.2. The van der Waals surface area contributed by atoms with Crippen LogP contribution in [0.25, 0.3) is 0 Å². The number of alkyl halides is 1. The Bertz CT molecular complexity index is 685. The van der Waals surface area contributed by atoms with Crippen molar-refractivity contribution in [1.82, 2.24) is 10.6 Å². The van der Waals surface area contributed by atoms with Crippen LogP contribution in [0.15, 0.2) is 4.99 Å².